The Morgan fingerprint density at radius 3 is 2.42 bits per heavy atom. The molecule has 6 nitrogen and oxygen atoms in total. The molecule has 2 heterocycles. The van der Waals surface area contributed by atoms with Gasteiger partial charge in [0.15, 0.2) is 0 Å². The maximum Gasteiger partial charge on any atom is 0.322 e. The molecule has 1 aromatic heterocycles. The Hall–Kier alpha value is -4.32. The predicted molar refractivity (Wildman–Crippen MR) is 151 cm³/mol. The number of urea groups is 1. The van der Waals surface area contributed by atoms with Gasteiger partial charge >= 0.3 is 6.03 Å². The van der Waals surface area contributed by atoms with Crippen LogP contribution in [0.5, 0.6) is 0 Å². The van der Waals surface area contributed by atoms with Crippen LogP contribution in [0, 0.1) is 20.8 Å². The fraction of sp³-hybridized carbons (Fsp3) is 0.250. The molecule has 0 saturated heterocycles. The number of fused-ring (bicyclic) bond motifs is 3. The zero-order chi connectivity index (χ0) is 26.4. The molecular weight excluding hydrogens is 472 g/mol. The number of benzene rings is 3. The van der Waals surface area contributed by atoms with E-state index in [4.69, 9.17) is 0 Å². The topological polar surface area (TPSA) is 57.6 Å². The van der Waals surface area contributed by atoms with E-state index in [9.17, 15) is 9.59 Å². The quantitative estimate of drug-likeness (QED) is 0.336. The second kappa shape index (κ2) is 9.53. The van der Waals surface area contributed by atoms with Crippen LogP contribution < -0.4 is 10.2 Å². The fourth-order valence-corrected chi connectivity index (χ4v) is 5.47. The van der Waals surface area contributed by atoms with Crippen LogP contribution in [0.3, 0.4) is 0 Å². The van der Waals surface area contributed by atoms with Crippen molar-refractivity contribution in [3.8, 4) is 5.69 Å². The number of hydrogen-bond acceptors (Lipinski definition) is 2. The first-order chi connectivity index (χ1) is 18.4. The Kier molecular flexibility index (Phi) is 6.03. The third-order valence-electron chi connectivity index (χ3n) is 7.75. The summed E-state index contributed by atoms with van der Waals surface area (Å²) in [5.41, 5.74) is 7.96. The van der Waals surface area contributed by atoms with Crippen molar-refractivity contribution >= 4 is 23.3 Å². The van der Waals surface area contributed by atoms with Crippen molar-refractivity contribution in [2.75, 3.05) is 16.8 Å². The molecule has 3 aromatic carbocycles. The molecule has 192 valence electrons. The van der Waals surface area contributed by atoms with Crippen LogP contribution in [0.4, 0.5) is 16.2 Å². The summed E-state index contributed by atoms with van der Waals surface area (Å²) in [6.45, 7) is 6.11. The molecule has 6 heteroatoms. The van der Waals surface area contributed by atoms with Crippen LogP contribution in [0.15, 0.2) is 85.1 Å². The molecule has 3 amide bonds. The first kappa shape index (κ1) is 24.0. The molecule has 1 atom stereocenters. The number of anilines is 2. The number of para-hydroxylation sites is 2. The van der Waals surface area contributed by atoms with E-state index in [0.29, 0.717) is 0 Å². The maximum atomic E-state index is 14.3. The van der Waals surface area contributed by atoms with E-state index in [2.05, 4.69) is 41.1 Å². The van der Waals surface area contributed by atoms with Crippen LogP contribution in [-0.4, -0.2) is 34.0 Å². The molecule has 4 aromatic rings. The van der Waals surface area contributed by atoms with Gasteiger partial charge < -0.3 is 14.8 Å². The molecule has 1 saturated carbocycles. The highest BCUT2D eigenvalue weighted by atomic mass is 16.2. The SMILES string of the molecule is Cc1cccc(C2c3cccn3-c3ccccc3N2C(=O)CN(C(=O)Nc2cccc(C)c2C)C2CC2)c1. The number of nitrogens with one attached hydrogen (secondary N) is 1. The number of amides is 3. The average Bonchev–Trinajstić information content (AvgIpc) is 3.64. The van der Waals surface area contributed by atoms with Gasteiger partial charge in [0.2, 0.25) is 5.91 Å². The molecule has 1 unspecified atom stereocenters. The molecule has 38 heavy (non-hydrogen) atoms. The summed E-state index contributed by atoms with van der Waals surface area (Å²) < 4.78 is 2.16. The van der Waals surface area contributed by atoms with Gasteiger partial charge in [-0.3, -0.25) is 9.69 Å². The normalized spacial score (nSPS) is 16.0. The van der Waals surface area contributed by atoms with Crippen LogP contribution in [0.2, 0.25) is 0 Å². The standard InChI is InChI=1S/C32H32N4O2/c1-21-9-6-11-24(19-21)31-29-15-8-18-34(29)27-13-4-5-14-28(27)36(31)30(37)20-35(25-16-17-25)32(38)33-26-12-7-10-22(2)23(26)3/h4-15,18-19,25,31H,16-17,20H2,1-3H3,(H,33,38). The van der Waals surface area contributed by atoms with E-state index in [0.717, 1.165) is 57.9 Å². The van der Waals surface area contributed by atoms with Crippen molar-refractivity contribution in [2.45, 2.75) is 45.7 Å². The molecule has 1 fully saturated rings. The number of nitrogens with zero attached hydrogens (tertiary/aromatic N) is 3. The zero-order valence-corrected chi connectivity index (χ0v) is 22.0. The number of aromatic nitrogens is 1. The highest BCUT2D eigenvalue weighted by molar-refractivity contribution is 6.01. The molecule has 1 aliphatic carbocycles. The molecule has 1 N–H and O–H groups in total. The van der Waals surface area contributed by atoms with Gasteiger partial charge in [-0.1, -0.05) is 54.1 Å². The monoisotopic (exact) mass is 504 g/mol. The number of rotatable bonds is 5. The molecule has 0 radical (unpaired) electrons. The molecule has 1 aliphatic heterocycles. The largest absolute Gasteiger partial charge is 0.322 e. The molecule has 0 bridgehead atoms. The van der Waals surface area contributed by atoms with Crippen LogP contribution >= 0.6 is 0 Å². The summed E-state index contributed by atoms with van der Waals surface area (Å²) in [5.74, 6) is -0.0978. The molecular formula is C32H32N4O2. The van der Waals surface area contributed by atoms with Gasteiger partial charge in [-0.05, 0) is 80.6 Å². The smallest absolute Gasteiger partial charge is 0.316 e. The van der Waals surface area contributed by atoms with E-state index < -0.39 is 0 Å². The fourth-order valence-electron chi connectivity index (χ4n) is 5.47. The van der Waals surface area contributed by atoms with E-state index in [1.807, 2.05) is 79.5 Å². The van der Waals surface area contributed by atoms with E-state index >= 15 is 0 Å². The Labute approximate surface area is 223 Å². The van der Waals surface area contributed by atoms with Crippen molar-refractivity contribution in [1.82, 2.24) is 9.47 Å². The maximum absolute atomic E-state index is 14.3. The van der Waals surface area contributed by atoms with Crippen molar-refractivity contribution in [2.24, 2.45) is 0 Å². The van der Waals surface area contributed by atoms with Gasteiger partial charge in [-0.2, -0.15) is 0 Å². The minimum absolute atomic E-state index is 0.0126. The van der Waals surface area contributed by atoms with E-state index in [-0.39, 0.29) is 30.6 Å². The Bertz CT molecular complexity index is 1530. The van der Waals surface area contributed by atoms with Gasteiger partial charge in [0.25, 0.3) is 0 Å². The highest BCUT2D eigenvalue weighted by Gasteiger charge is 2.40. The predicted octanol–water partition coefficient (Wildman–Crippen LogP) is 6.54. The summed E-state index contributed by atoms with van der Waals surface area (Å²) in [6.07, 6.45) is 3.87. The molecule has 2 aliphatic rings. The summed E-state index contributed by atoms with van der Waals surface area (Å²) in [7, 11) is 0. The van der Waals surface area contributed by atoms with Gasteiger partial charge in [0.1, 0.15) is 12.6 Å². The number of carbonyl (C=O) groups is 2. The second-order valence-corrected chi connectivity index (χ2v) is 10.4. The van der Waals surface area contributed by atoms with Gasteiger partial charge in [0, 0.05) is 17.9 Å². The van der Waals surface area contributed by atoms with Crippen LogP contribution in [0.25, 0.3) is 5.69 Å². The first-order valence-corrected chi connectivity index (χ1v) is 13.2. The Morgan fingerprint density at radius 1 is 0.895 bits per heavy atom. The number of hydrogen-bond donors (Lipinski definition) is 1. The van der Waals surface area contributed by atoms with Crippen LogP contribution in [-0.2, 0) is 4.79 Å². The van der Waals surface area contributed by atoms with Crippen molar-refractivity contribution in [3.05, 3.63) is 113 Å². The van der Waals surface area contributed by atoms with Crippen LogP contribution in [0.1, 0.15) is 46.8 Å². The van der Waals surface area contributed by atoms with Crippen molar-refractivity contribution in [3.63, 3.8) is 0 Å². The lowest BCUT2D eigenvalue weighted by molar-refractivity contribution is -0.119. The molecule has 6 rings (SSSR count). The summed E-state index contributed by atoms with van der Waals surface area (Å²) in [5, 5.41) is 3.07. The number of carbonyl (C=O) groups excluding carboxylic acids is 2. The van der Waals surface area contributed by atoms with E-state index in [1.54, 1.807) is 4.90 Å². The van der Waals surface area contributed by atoms with Gasteiger partial charge in [0.05, 0.1) is 17.1 Å². The first-order valence-electron chi connectivity index (χ1n) is 13.2. The van der Waals surface area contributed by atoms with Gasteiger partial charge in [-0.15, -0.1) is 0 Å². The number of aryl methyl sites for hydroxylation is 2. The Balaban J connectivity index is 1.36. The summed E-state index contributed by atoms with van der Waals surface area (Å²) in [6, 6.07) is 25.9. The average molecular weight is 505 g/mol. The second-order valence-electron chi connectivity index (χ2n) is 10.4. The third kappa shape index (κ3) is 4.26. The molecule has 0 spiro atoms. The lowest BCUT2D eigenvalue weighted by atomic mass is 9.96. The zero-order valence-electron chi connectivity index (χ0n) is 22.0. The summed E-state index contributed by atoms with van der Waals surface area (Å²) in [4.78, 5) is 31.4. The van der Waals surface area contributed by atoms with Crippen molar-refractivity contribution in [1.29, 1.82) is 0 Å². The van der Waals surface area contributed by atoms with Crippen molar-refractivity contribution < 1.29 is 9.59 Å². The Morgan fingerprint density at radius 2 is 1.66 bits per heavy atom. The lowest BCUT2D eigenvalue weighted by Gasteiger charge is -2.39. The third-order valence-corrected chi connectivity index (χ3v) is 7.75. The minimum atomic E-state index is -0.296. The van der Waals surface area contributed by atoms with E-state index in [1.165, 1.54) is 0 Å². The minimum Gasteiger partial charge on any atom is -0.316 e. The lowest BCUT2D eigenvalue weighted by Crippen LogP contribution is -2.48. The summed E-state index contributed by atoms with van der Waals surface area (Å²) >= 11 is 0. The highest BCUT2D eigenvalue weighted by Crippen LogP contribution is 2.42. The van der Waals surface area contributed by atoms with Gasteiger partial charge in [-0.25, -0.2) is 4.79 Å².